The van der Waals surface area contributed by atoms with Crippen LogP contribution in [-0.4, -0.2) is 23.2 Å². The number of alkyl halides is 1. The van der Waals surface area contributed by atoms with E-state index in [2.05, 4.69) is 15.5 Å². The maximum absolute atomic E-state index is 12.9. The van der Waals surface area contributed by atoms with E-state index in [1.165, 1.54) is 18.3 Å². The van der Waals surface area contributed by atoms with Crippen LogP contribution >= 0.6 is 11.6 Å². The van der Waals surface area contributed by atoms with Gasteiger partial charge in [0.25, 0.3) is 5.91 Å². The molecular formula is C11H9ClFN3O. The number of hydrogen-bond donors (Lipinski definition) is 1. The Labute approximate surface area is 102 Å². The first kappa shape index (κ1) is 11.7. The van der Waals surface area contributed by atoms with Crippen LogP contribution in [0.5, 0.6) is 0 Å². The van der Waals surface area contributed by atoms with Gasteiger partial charge in [0, 0.05) is 0 Å². The van der Waals surface area contributed by atoms with Crippen molar-refractivity contribution < 1.29 is 9.18 Å². The fraction of sp³-hybridized carbons (Fsp3) is 0.182. The first-order valence-electron chi connectivity index (χ1n) is 4.92. The van der Waals surface area contributed by atoms with Gasteiger partial charge in [-0.3, -0.25) is 9.79 Å². The zero-order valence-corrected chi connectivity index (χ0v) is 9.49. The zero-order valence-electron chi connectivity index (χ0n) is 8.73. The van der Waals surface area contributed by atoms with Gasteiger partial charge in [-0.2, -0.15) is 5.10 Å². The Morgan fingerprint density at radius 2 is 2.35 bits per heavy atom. The highest BCUT2D eigenvalue weighted by Gasteiger charge is 2.23. The molecule has 1 aromatic rings. The number of amides is 1. The number of carbonyl (C=O) groups is 1. The van der Waals surface area contributed by atoms with Gasteiger partial charge in [-0.25, -0.2) is 9.82 Å². The second-order valence-corrected chi connectivity index (χ2v) is 3.90. The number of nitrogens with one attached hydrogen (secondary N) is 1. The zero-order chi connectivity index (χ0) is 12.3. The van der Waals surface area contributed by atoms with E-state index < -0.39 is 11.3 Å². The van der Waals surface area contributed by atoms with E-state index in [0.717, 1.165) is 0 Å². The van der Waals surface area contributed by atoms with E-state index in [1.54, 1.807) is 12.1 Å². The molecule has 0 radical (unpaired) electrons. The van der Waals surface area contributed by atoms with Crippen molar-refractivity contribution in [3.8, 4) is 0 Å². The van der Waals surface area contributed by atoms with E-state index in [4.69, 9.17) is 11.6 Å². The topological polar surface area (TPSA) is 53.8 Å². The van der Waals surface area contributed by atoms with Crippen LogP contribution in [0.1, 0.15) is 5.56 Å². The lowest BCUT2D eigenvalue weighted by molar-refractivity contribution is -0.119. The Morgan fingerprint density at radius 1 is 1.53 bits per heavy atom. The quantitative estimate of drug-likeness (QED) is 0.798. The number of hydrogen-bond acceptors (Lipinski definition) is 3. The maximum Gasteiger partial charge on any atom is 0.264 e. The van der Waals surface area contributed by atoms with Gasteiger partial charge in [-0.1, -0.05) is 12.1 Å². The second kappa shape index (κ2) is 5.05. The molecule has 2 rings (SSSR count). The number of hydrazone groups is 1. The van der Waals surface area contributed by atoms with Crippen LogP contribution in [0.25, 0.3) is 0 Å². The summed E-state index contributed by atoms with van der Waals surface area (Å²) in [5, 5.41) is 2.76. The third-order valence-electron chi connectivity index (χ3n) is 2.19. The van der Waals surface area contributed by atoms with Crippen molar-refractivity contribution in [3.63, 3.8) is 0 Å². The van der Waals surface area contributed by atoms with E-state index >= 15 is 0 Å². The molecule has 1 unspecified atom stereocenters. The Bertz CT molecular complexity index is 501. The normalized spacial score (nSPS) is 21.6. The smallest absolute Gasteiger partial charge is 0.264 e. The Kier molecular flexibility index (Phi) is 3.49. The third-order valence-corrected chi connectivity index (χ3v) is 2.62. The standard InChI is InChI=1S/C11H9ClFN3O/c12-10-9(6-15-16-11(10)17)14-5-7-2-1-3-8(13)4-7/h1-4,6,10H,5H2,(H,16,17). The Morgan fingerprint density at radius 3 is 3.12 bits per heavy atom. The number of benzene rings is 1. The monoisotopic (exact) mass is 253 g/mol. The summed E-state index contributed by atoms with van der Waals surface area (Å²) < 4.78 is 12.9. The molecule has 0 saturated heterocycles. The first-order valence-corrected chi connectivity index (χ1v) is 5.36. The van der Waals surface area contributed by atoms with Crippen LogP contribution in [0.15, 0.2) is 34.4 Å². The van der Waals surface area contributed by atoms with Crippen molar-refractivity contribution in [1.29, 1.82) is 0 Å². The predicted molar refractivity (Wildman–Crippen MR) is 63.8 cm³/mol. The number of rotatable bonds is 2. The minimum absolute atomic E-state index is 0.260. The van der Waals surface area contributed by atoms with Gasteiger partial charge < -0.3 is 0 Å². The average Bonchev–Trinajstić information content (AvgIpc) is 2.31. The predicted octanol–water partition coefficient (Wildman–Crippen LogP) is 1.49. The highest BCUT2D eigenvalue weighted by Crippen LogP contribution is 2.08. The number of carbonyl (C=O) groups excluding carboxylic acids is 1. The van der Waals surface area contributed by atoms with Crippen molar-refractivity contribution >= 4 is 29.4 Å². The van der Waals surface area contributed by atoms with Crippen LogP contribution in [0, 0.1) is 5.82 Å². The van der Waals surface area contributed by atoms with Crippen LogP contribution in [-0.2, 0) is 11.3 Å². The molecule has 0 aromatic heterocycles. The van der Waals surface area contributed by atoms with Gasteiger partial charge in [0.15, 0.2) is 5.38 Å². The molecule has 0 bridgehead atoms. The van der Waals surface area contributed by atoms with E-state index in [-0.39, 0.29) is 12.4 Å². The van der Waals surface area contributed by atoms with E-state index in [1.807, 2.05) is 0 Å². The van der Waals surface area contributed by atoms with Gasteiger partial charge in [0.05, 0.1) is 18.5 Å². The molecule has 0 fully saturated rings. The van der Waals surface area contributed by atoms with Crippen molar-refractivity contribution in [2.45, 2.75) is 11.9 Å². The molecule has 88 valence electrons. The summed E-state index contributed by atoms with van der Waals surface area (Å²) in [4.78, 5) is 15.3. The fourth-order valence-electron chi connectivity index (χ4n) is 1.36. The number of aliphatic imine (C=N–C) groups is 1. The molecule has 0 spiro atoms. The summed E-state index contributed by atoms with van der Waals surface area (Å²) in [5.74, 6) is -0.729. The second-order valence-electron chi connectivity index (χ2n) is 3.47. The molecule has 17 heavy (non-hydrogen) atoms. The Hall–Kier alpha value is -1.75. The molecule has 6 heteroatoms. The molecule has 1 amide bonds. The van der Waals surface area contributed by atoms with Gasteiger partial charge in [0.1, 0.15) is 5.82 Å². The highest BCUT2D eigenvalue weighted by molar-refractivity contribution is 6.54. The molecule has 1 aliphatic heterocycles. The number of nitrogens with zero attached hydrogens (tertiary/aromatic N) is 2. The largest absolute Gasteiger partial charge is 0.281 e. The minimum atomic E-state index is -0.846. The molecule has 1 aromatic carbocycles. The lowest BCUT2D eigenvalue weighted by atomic mass is 10.2. The van der Waals surface area contributed by atoms with Crippen molar-refractivity contribution in [3.05, 3.63) is 35.6 Å². The maximum atomic E-state index is 12.9. The average molecular weight is 254 g/mol. The van der Waals surface area contributed by atoms with Crippen LogP contribution in [0.2, 0.25) is 0 Å². The molecule has 0 aliphatic carbocycles. The summed E-state index contributed by atoms with van der Waals surface area (Å²) in [6.07, 6.45) is 1.39. The molecule has 4 nitrogen and oxygen atoms in total. The number of halogens is 2. The lowest BCUT2D eigenvalue weighted by Crippen LogP contribution is -2.39. The molecule has 1 atom stereocenters. The molecule has 0 saturated carbocycles. The van der Waals surface area contributed by atoms with Gasteiger partial charge in [0.2, 0.25) is 0 Å². The van der Waals surface area contributed by atoms with E-state index in [9.17, 15) is 9.18 Å². The van der Waals surface area contributed by atoms with Gasteiger partial charge in [-0.05, 0) is 17.7 Å². The van der Waals surface area contributed by atoms with Crippen LogP contribution < -0.4 is 5.43 Å². The van der Waals surface area contributed by atoms with Crippen LogP contribution in [0.3, 0.4) is 0 Å². The first-order chi connectivity index (χ1) is 8.16. The van der Waals surface area contributed by atoms with Crippen LogP contribution in [0.4, 0.5) is 4.39 Å². The SMILES string of the molecule is O=C1NN=CC(=NCc2cccc(F)c2)C1Cl. The van der Waals surface area contributed by atoms with E-state index in [0.29, 0.717) is 11.3 Å². The van der Waals surface area contributed by atoms with Gasteiger partial charge >= 0.3 is 0 Å². The molecule has 1 heterocycles. The minimum Gasteiger partial charge on any atom is -0.281 e. The molecule has 1 aliphatic rings. The molecule has 1 N–H and O–H groups in total. The molecular weight excluding hydrogens is 245 g/mol. The Balaban J connectivity index is 2.13. The highest BCUT2D eigenvalue weighted by atomic mass is 35.5. The van der Waals surface area contributed by atoms with Gasteiger partial charge in [-0.15, -0.1) is 11.6 Å². The summed E-state index contributed by atoms with van der Waals surface area (Å²) in [6, 6.07) is 6.09. The third kappa shape index (κ3) is 2.88. The van der Waals surface area contributed by atoms with Crippen molar-refractivity contribution in [2.24, 2.45) is 10.1 Å². The summed E-state index contributed by atoms with van der Waals surface area (Å²) in [7, 11) is 0. The summed E-state index contributed by atoms with van der Waals surface area (Å²) in [6.45, 7) is 0.260. The summed E-state index contributed by atoms with van der Waals surface area (Å²) in [5.41, 5.74) is 3.31. The fourth-order valence-corrected chi connectivity index (χ4v) is 1.53. The summed E-state index contributed by atoms with van der Waals surface area (Å²) >= 11 is 5.82. The van der Waals surface area contributed by atoms with Crippen molar-refractivity contribution in [1.82, 2.24) is 5.43 Å². The lowest BCUT2D eigenvalue weighted by Gasteiger charge is -2.12. The van der Waals surface area contributed by atoms with Crippen molar-refractivity contribution in [2.75, 3.05) is 0 Å².